The molecule has 0 N–H and O–H groups in total. The zero-order chi connectivity index (χ0) is 12.2. The van der Waals surface area contributed by atoms with E-state index in [0.717, 1.165) is 14.2 Å². The van der Waals surface area contributed by atoms with E-state index in [4.69, 9.17) is 0 Å². The van der Waals surface area contributed by atoms with Crippen molar-refractivity contribution < 1.29 is 23.1 Å². The Balaban J connectivity index is 2.75. The van der Waals surface area contributed by atoms with Crippen molar-refractivity contribution in [2.45, 2.75) is 6.11 Å². The highest BCUT2D eigenvalue weighted by atomic mass is 19.3. The molecule has 1 rings (SSSR count). The number of alkyl halides is 2. The summed E-state index contributed by atoms with van der Waals surface area (Å²) < 4.78 is 30.8. The van der Waals surface area contributed by atoms with Crippen molar-refractivity contribution in [1.29, 1.82) is 0 Å². The maximum atomic E-state index is 13.2. The molecule has 0 fully saturated rings. The maximum Gasteiger partial charge on any atom is 0.484 e. The molecule has 0 aliphatic carbocycles. The molecule has 1 aromatic carbocycles. The highest BCUT2D eigenvalue weighted by molar-refractivity contribution is 5.81. The number of rotatable bonds is 4. The first-order valence-electron chi connectivity index (χ1n) is 4.41. The third-order valence-corrected chi connectivity index (χ3v) is 1.80. The van der Waals surface area contributed by atoms with Gasteiger partial charge in [-0.05, 0) is 12.1 Å². The number of carbonyl (C=O) groups excluding carboxylic acids is 1. The first-order chi connectivity index (χ1) is 7.47. The zero-order valence-corrected chi connectivity index (χ0v) is 8.81. The van der Waals surface area contributed by atoms with Crippen molar-refractivity contribution in [3.05, 3.63) is 30.3 Å². The Morgan fingerprint density at radius 2 is 1.88 bits per heavy atom. The minimum absolute atomic E-state index is 0.0923. The fourth-order valence-electron chi connectivity index (χ4n) is 0.946. The second-order valence-electron chi connectivity index (χ2n) is 2.92. The number of carbonyl (C=O) groups is 1. The van der Waals surface area contributed by atoms with Crippen molar-refractivity contribution in [3.8, 4) is 5.75 Å². The van der Waals surface area contributed by atoms with Gasteiger partial charge < -0.3 is 4.74 Å². The van der Waals surface area contributed by atoms with Gasteiger partial charge in [-0.25, -0.2) is 5.06 Å². The molecule has 0 atom stereocenters. The van der Waals surface area contributed by atoms with Crippen LogP contribution in [0.2, 0.25) is 0 Å². The second-order valence-corrected chi connectivity index (χ2v) is 2.92. The molecule has 0 aliphatic heterocycles. The molecule has 1 aromatic rings. The molecule has 88 valence electrons. The van der Waals surface area contributed by atoms with Gasteiger partial charge in [-0.15, -0.1) is 0 Å². The van der Waals surface area contributed by atoms with Gasteiger partial charge in [0, 0.05) is 7.05 Å². The number of ether oxygens (including phenoxy) is 1. The Hall–Kier alpha value is -1.69. The van der Waals surface area contributed by atoms with Gasteiger partial charge in [0.15, 0.2) is 0 Å². The van der Waals surface area contributed by atoms with Gasteiger partial charge >= 0.3 is 12.0 Å². The lowest BCUT2D eigenvalue weighted by Gasteiger charge is -2.21. The van der Waals surface area contributed by atoms with Crippen LogP contribution in [0.4, 0.5) is 8.78 Å². The number of halogens is 2. The number of para-hydroxylation sites is 1. The lowest BCUT2D eigenvalue weighted by Crippen LogP contribution is -2.44. The average molecular weight is 231 g/mol. The van der Waals surface area contributed by atoms with Crippen molar-refractivity contribution in [1.82, 2.24) is 5.06 Å². The summed E-state index contributed by atoms with van der Waals surface area (Å²) in [4.78, 5) is 15.5. The highest BCUT2D eigenvalue weighted by Crippen LogP contribution is 2.22. The van der Waals surface area contributed by atoms with Gasteiger partial charge in [0.25, 0.3) is 0 Å². The molecule has 0 radical (unpaired) electrons. The fraction of sp³-hybridized carbons (Fsp3) is 0.300. The summed E-state index contributed by atoms with van der Waals surface area (Å²) in [5.74, 6) is -1.66. The first-order valence-corrected chi connectivity index (χ1v) is 4.41. The van der Waals surface area contributed by atoms with Crippen LogP contribution in [0.15, 0.2) is 30.3 Å². The van der Waals surface area contributed by atoms with Crippen LogP contribution in [0.25, 0.3) is 0 Å². The maximum absolute atomic E-state index is 13.2. The van der Waals surface area contributed by atoms with E-state index >= 15 is 0 Å². The minimum atomic E-state index is -3.95. The standard InChI is InChI=1S/C10H11F2NO3/c1-13(15-2)9(14)10(11,12)16-8-6-4-3-5-7-8/h3-7H,1-2H3. The predicted molar refractivity (Wildman–Crippen MR) is 51.8 cm³/mol. The van der Waals surface area contributed by atoms with Gasteiger partial charge in [-0.3, -0.25) is 9.63 Å². The van der Waals surface area contributed by atoms with E-state index in [-0.39, 0.29) is 5.75 Å². The number of hydrogen-bond donors (Lipinski definition) is 0. The Labute approximate surface area is 91.3 Å². The summed E-state index contributed by atoms with van der Waals surface area (Å²) in [5.41, 5.74) is 0. The van der Waals surface area contributed by atoms with Crippen LogP contribution in [0, 0.1) is 0 Å². The average Bonchev–Trinajstić information content (AvgIpc) is 2.27. The summed E-state index contributed by atoms with van der Waals surface area (Å²) in [6.07, 6.45) is -3.95. The lowest BCUT2D eigenvalue weighted by atomic mass is 10.3. The number of hydrogen-bond acceptors (Lipinski definition) is 3. The molecule has 0 unspecified atom stereocenters. The molecular weight excluding hydrogens is 220 g/mol. The number of hydroxylamine groups is 2. The molecule has 6 heteroatoms. The summed E-state index contributed by atoms with van der Waals surface area (Å²) in [6, 6.07) is 7.35. The van der Waals surface area contributed by atoms with Crippen LogP contribution in [-0.4, -0.2) is 31.2 Å². The van der Waals surface area contributed by atoms with Crippen molar-refractivity contribution in [3.63, 3.8) is 0 Å². The van der Waals surface area contributed by atoms with Crippen LogP contribution < -0.4 is 4.74 Å². The topological polar surface area (TPSA) is 38.8 Å². The van der Waals surface area contributed by atoms with Crippen molar-refractivity contribution in [2.24, 2.45) is 0 Å². The Bertz CT molecular complexity index is 356. The van der Waals surface area contributed by atoms with E-state index in [9.17, 15) is 13.6 Å². The Morgan fingerprint density at radius 3 is 2.38 bits per heavy atom. The molecule has 16 heavy (non-hydrogen) atoms. The fourth-order valence-corrected chi connectivity index (χ4v) is 0.946. The molecule has 0 heterocycles. The van der Waals surface area contributed by atoms with E-state index < -0.39 is 12.0 Å². The van der Waals surface area contributed by atoms with E-state index in [1.807, 2.05) is 0 Å². The monoisotopic (exact) mass is 231 g/mol. The summed E-state index contributed by atoms with van der Waals surface area (Å²) >= 11 is 0. The Kier molecular flexibility index (Phi) is 3.78. The molecular formula is C10H11F2NO3. The molecule has 1 amide bonds. The van der Waals surface area contributed by atoms with E-state index in [2.05, 4.69) is 9.57 Å². The molecule has 4 nitrogen and oxygen atoms in total. The lowest BCUT2D eigenvalue weighted by molar-refractivity contribution is -0.231. The quantitative estimate of drug-likeness (QED) is 0.740. The number of amides is 1. The van der Waals surface area contributed by atoms with Crippen LogP contribution in [-0.2, 0) is 9.63 Å². The third kappa shape index (κ3) is 2.90. The smallest absolute Gasteiger partial charge is 0.425 e. The highest BCUT2D eigenvalue weighted by Gasteiger charge is 2.45. The molecule has 0 aromatic heterocycles. The molecule has 0 saturated carbocycles. The molecule has 0 bridgehead atoms. The zero-order valence-electron chi connectivity index (χ0n) is 8.81. The van der Waals surface area contributed by atoms with Crippen LogP contribution in [0.1, 0.15) is 0 Å². The van der Waals surface area contributed by atoms with E-state index in [0.29, 0.717) is 5.06 Å². The number of benzene rings is 1. The number of nitrogens with zero attached hydrogens (tertiary/aromatic N) is 1. The largest absolute Gasteiger partial charge is 0.484 e. The van der Waals surface area contributed by atoms with E-state index in [1.165, 1.54) is 24.3 Å². The summed E-state index contributed by atoms with van der Waals surface area (Å²) in [5, 5.41) is 0.406. The third-order valence-electron chi connectivity index (χ3n) is 1.80. The van der Waals surface area contributed by atoms with Gasteiger partial charge in [-0.1, -0.05) is 18.2 Å². The van der Waals surface area contributed by atoms with Crippen LogP contribution >= 0.6 is 0 Å². The molecule has 0 aliphatic rings. The van der Waals surface area contributed by atoms with Crippen molar-refractivity contribution in [2.75, 3.05) is 14.2 Å². The van der Waals surface area contributed by atoms with Crippen LogP contribution in [0.5, 0.6) is 5.75 Å². The van der Waals surface area contributed by atoms with E-state index in [1.54, 1.807) is 6.07 Å². The second kappa shape index (κ2) is 4.89. The van der Waals surface area contributed by atoms with Crippen LogP contribution in [0.3, 0.4) is 0 Å². The van der Waals surface area contributed by atoms with Crippen molar-refractivity contribution >= 4 is 5.91 Å². The van der Waals surface area contributed by atoms with Gasteiger partial charge in [0.1, 0.15) is 5.75 Å². The molecule has 0 saturated heterocycles. The van der Waals surface area contributed by atoms with Gasteiger partial charge in [0.2, 0.25) is 0 Å². The molecule has 0 spiro atoms. The first kappa shape index (κ1) is 12.4. The van der Waals surface area contributed by atoms with Gasteiger partial charge in [-0.2, -0.15) is 8.78 Å². The Morgan fingerprint density at radius 1 is 1.31 bits per heavy atom. The minimum Gasteiger partial charge on any atom is -0.425 e. The summed E-state index contributed by atoms with van der Waals surface area (Å²) in [7, 11) is 2.18. The van der Waals surface area contributed by atoms with Gasteiger partial charge in [0.05, 0.1) is 7.11 Å². The number of likely N-dealkylation sites (N-methyl/N-ethyl adjacent to an activating group) is 1. The SMILES string of the molecule is CON(C)C(=O)C(F)(F)Oc1ccccc1. The normalized spacial score (nSPS) is 11.0. The summed E-state index contributed by atoms with van der Waals surface area (Å²) in [6.45, 7) is 0. The predicted octanol–water partition coefficient (Wildman–Crippen LogP) is 1.68.